The van der Waals surface area contributed by atoms with Crippen molar-refractivity contribution >= 4 is 35.0 Å². The second-order valence-corrected chi connectivity index (χ2v) is 9.32. The third kappa shape index (κ3) is 6.78. The van der Waals surface area contributed by atoms with Crippen molar-refractivity contribution in [1.82, 2.24) is 15.4 Å². The van der Waals surface area contributed by atoms with Crippen molar-refractivity contribution < 1.29 is 23.6 Å². The molecule has 1 aliphatic heterocycles. The van der Waals surface area contributed by atoms with Gasteiger partial charge in [-0.2, -0.15) is 0 Å². The Morgan fingerprint density at radius 1 is 1.17 bits per heavy atom. The smallest absolute Gasteiger partial charge is 0.273 e. The van der Waals surface area contributed by atoms with E-state index in [1.54, 1.807) is 30.2 Å². The monoisotopic (exact) mass is 531 g/mol. The van der Waals surface area contributed by atoms with E-state index in [2.05, 4.69) is 10.5 Å². The number of halogens is 2. The lowest BCUT2D eigenvalue weighted by Crippen LogP contribution is -2.37. The standard InChI is InChI=1S/C26H27Cl2N3O5/c1-34-19-7-4-17(5-8-19)10-11-29-25(32)24-14-21(36-30-24)16-31(15-20-3-2-12-35-20)26(33)22-9-6-18(27)13-23(22)28/h4-9,13-14,20H,2-3,10-12,15-16H2,1H3,(H,29,32). The van der Waals surface area contributed by atoms with Crippen molar-refractivity contribution in [2.24, 2.45) is 0 Å². The van der Waals surface area contributed by atoms with E-state index < -0.39 is 0 Å². The van der Waals surface area contributed by atoms with Crippen LogP contribution in [0.2, 0.25) is 10.0 Å². The van der Waals surface area contributed by atoms with Crippen molar-refractivity contribution in [3.8, 4) is 5.75 Å². The van der Waals surface area contributed by atoms with Gasteiger partial charge in [0.25, 0.3) is 11.8 Å². The Hall–Kier alpha value is -3.07. The number of carbonyl (C=O) groups is 2. The van der Waals surface area contributed by atoms with Crippen LogP contribution < -0.4 is 10.1 Å². The van der Waals surface area contributed by atoms with Crippen LogP contribution in [-0.4, -0.2) is 54.8 Å². The fourth-order valence-electron chi connectivity index (χ4n) is 3.97. The van der Waals surface area contributed by atoms with Gasteiger partial charge >= 0.3 is 0 Å². The molecule has 0 radical (unpaired) electrons. The Bertz CT molecular complexity index is 1190. The molecule has 0 spiro atoms. The fraction of sp³-hybridized carbons (Fsp3) is 0.346. The molecule has 1 saturated heterocycles. The fourth-order valence-corrected chi connectivity index (χ4v) is 4.46. The molecular weight excluding hydrogens is 505 g/mol. The summed E-state index contributed by atoms with van der Waals surface area (Å²) in [5, 5.41) is 7.44. The van der Waals surface area contributed by atoms with Crippen molar-refractivity contribution in [2.75, 3.05) is 26.8 Å². The maximum Gasteiger partial charge on any atom is 0.273 e. The molecule has 36 heavy (non-hydrogen) atoms. The van der Waals surface area contributed by atoms with Gasteiger partial charge in [0.15, 0.2) is 11.5 Å². The second-order valence-electron chi connectivity index (χ2n) is 8.48. The molecular formula is C26H27Cl2N3O5. The van der Waals surface area contributed by atoms with Crippen LogP contribution in [0.5, 0.6) is 5.75 Å². The Labute approximate surface area is 219 Å². The van der Waals surface area contributed by atoms with Gasteiger partial charge in [-0.05, 0) is 55.2 Å². The van der Waals surface area contributed by atoms with Crippen molar-refractivity contribution in [3.63, 3.8) is 0 Å². The van der Waals surface area contributed by atoms with E-state index in [-0.39, 0.29) is 35.2 Å². The third-order valence-electron chi connectivity index (χ3n) is 5.89. The first-order valence-corrected chi connectivity index (χ1v) is 12.4. The molecule has 1 atom stereocenters. The van der Waals surface area contributed by atoms with E-state index >= 15 is 0 Å². The number of hydrogen-bond acceptors (Lipinski definition) is 6. The van der Waals surface area contributed by atoms with Crippen LogP contribution in [0.15, 0.2) is 53.1 Å². The van der Waals surface area contributed by atoms with Crippen molar-refractivity contribution in [1.29, 1.82) is 0 Å². The van der Waals surface area contributed by atoms with Gasteiger partial charge in [0.1, 0.15) is 5.75 Å². The van der Waals surface area contributed by atoms with Crippen LogP contribution >= 0.6 is 23.2 Å². The van der Waals surface area contributed by atoms with Crippen LogP contribution in [0.25, 0.3) is 0 Å². The second kappa shape index (κ2) is 12.3. The molecule has 1 fully saturated rings. The van der Waals surface area contributed by atoms with Gasteiger partial charge in [0, 0.05) is 30.8 Å². The predicted octanol–water partition coefficient (Wildman–Crippen LogP) is 4.78. The molecule has 190 valence electrons. The number of hydrogen-bond donors (Lipinski definition) is 1. The first-order chi connectivity index (χ1) is 17.4. The SMILES string of the molecule is COc1ccc(CCNC(=O)c2cc(CN(CC3CCCO3)C(=O)c3ccc(Cl)cc3Cl)on2)cc1. The summed E-state index contributed by atoms with van der Waals surface area (Å²) in [6, 6.07) is 13.9. The minimum atomic E-state index is -0.351. The van der Waals surface area contributed by atoms with Gasteiger partial charge < -0.3 is 24.2 Å². The highest BCUT2D eigenvalue weighted by Gasteiger charge is 2.26. The van der Waals surface area contributed by atoms with Gasteiger partial charge in [-0.1, -0.05) is 40.5 Å². The quantitative estimate of drug-likeness (QED) is 0.404. The Balaban J connectivity index is 1.39. The van der Waals surface area contributed by atoms with Crippen LogP contribution in [-0.2, 0) is 17.7 Å². The summed E-state index contributed by atoms with van der Waals surface area (Å²) in [4.78, 5) is 27.5. The number of amides is 2. The summed E-state index contributed by atoms with van der Waals surface area (Å²) in [6.45, 7) is 1.58. The van der Waals surface area contributed by atoms with E-state index in [9.17, 15) is 9.59 Å². The molecule has 1 N–H and O–H groups in total. The van der Waals surface area contributed by atoms with Gasteiger partial charge in [-0.15, -0.1) is 0 Å². The lowest BCUT2D eigenvalue weighted by Gasteiger charge is -2.25. The number of nitrogens with one attached hydrogen (secondary N) is 1. The van der Waals surface area contributed by atoms with E-state index in [1.165, 1.54) is 6.07 Å². The number of benzene rings is 2. The molecule has 1 aromatic heterocycles. The maximum absolute atomic E-state index is 13.3. The summed E-state index contributed by atoms with van der Waals surface area (Å²) < 4.78 is 16.3. The Morgan fingerprint density at radius 2 is 1.97 bits per heavy atom. The summed E-state index contributed by atoms with van der Waals surface area (Å²) >= 11 is 12.3. The predicted molar refractivity (Wildman–Crippen MR) is 136 cm³/mol. The lowest BCUT2D eigenvalue weighted by molar-refractivity contribution is 0.0486. The molecule has 4 rings (SSSR count). The van der Waals surface area contributed by atoms with Crippen molar-refractivity contribution in [2.45, 2.75) is 31.9 Å². The lowest BCUT2D eigenvalue weighted by atomic mass is 10.1. The molecule has 0 saturated carbocycles. The number of methoxy groups -OCH3 is 1. The van der Waals surface area contributed by atoms with Crippen molar-refractivity contribution in [3.05, 3.63) is 81.2 Å². The number of aromatic nitrogens is 1. The van der Waals surface area contributed by atoms with E-state index in [0.29, 0.717) is 42.5 Å². The maximum atomic E-state index is 13.3. The first kappa shape index (κ1) is 26.0. The van der Waals surface area contributed by atoms with Gasteiger partial charge in [0.05, 0.1) is 30.3 Å². The number of carbonyl (C=O) groups excluding carboxylic acids is 2. The summed E-state index contributed by atoms with van der Waals surface area (Å²) in [5.74, 6) is 0.528. The van der Waals surface area contributed by atoms with Crippen LogP contribution in [0, 0.1) is 0 Å². The topological polar surface area (TPSA) is 93.9 Å². The van der Waals surface area contributed by atoms with Gasteiger partial charge in [0.2, 0.25) is 0 Å². The van der Waals surface area contributed by atoms with Crippen LogP contribution in [0.4, 0.5) is 0 Å². The van der Waals surface area contributed by atoms with E-state index in [0.717, 1.165) is 24.2 Å². The van der Waals surface area contributed by atoms with Gasteiger partial charge in [-0.25, -0.2) is 0 Å². The number of ether oxygens (including phenoxy) is 2. The molecule has 8 nitrogen and oxygen atoms in total. The zero-order chi connectivity index (χ0) is 25.5. The van der Waals surface area contributed by atoms with Crippen LogP contribution in [0.1, 0.15) is 45.0 Å². The minimum Gasteiger partial charge on any atom is -0.497 e. The normalized spacial score (nSPS) is 15.0. The van der Waals surface area contributed by atoms with Crippen LogP contribution in [0.3, 0.4) is 0 Å². The molecule has 1 unspecified atom stereocenters. The highest BCUT2D eigenvalue weighted by Crippen LogP contribution is 2.24. The third-order valence-corrected chi connectivity index (χ3v) is 6.44. The van der Waals surface area contributed by atoms with E-state index in [4.69, 9.17) is 37.2 Å². The largest absolute Gasteiger partial charge is 0.497 e. The Morgan fingerprint density at radius 3 is 2.67 bits per heavy atom. The molecule has 10 heteroatoms. The first-order valence-electron chi connectivity index (χ1n) is 11.7. The molecule has 3 aromatic rings. The number of rotatable bonds is 10. The molecule has 2 heterocycles. The zero-order valence-corrected chi connectivity index (χ0v) is 21.3. The summed E-state index contributed by atoms with van der Waals surface area (Å²) in [7, 11) is 1.62. The average molecular weight is 532 g/mol. The average Bonchev–Trinajstić information content (AvgIpc) is 3.56. The Kier molecular flexibility index (Phi) is 8.85. The highest BCUT2D eigenvalue weighted by molar-refractivity contribution is 6.36. The zero-order valence-electron chi connectivity index (χ0n) is 19.8. The molecule has 1 aliphatic rings. The van der Waals surface area contributed by atoms with Gasteiger partial charge in [-0.3, -0.25) is 9.59 Å². The molecule has 2 aromatic carbocycles. The molecule has 2 amide bonds. The summed E-state index contributed by atoms with van der Waals surface area (Å²) in [6.07, 6.45) is 2.38. The number of nitrogens with zero attached hydrogens (tertiary/aromatic N) is 2. The summed E-state index contributed by atoms with van der Waals surface area (Å²) in [5.41, 5.74) is 1.55. The molecule has 0 aliphatic carbocycles. The molecule has 0 bridgehead atoms. The highest BCUT2D eigenvalue weighted by atomic mass is 35.5. The minimum absolute atomic E-state index is 0.0799. The van der Waals surface area contributed by atoms with E-state index in [1.807, 2.05) is 24.3 Å².